The maximum absolute atomic E-state index is 12.4. The maximum atomic E-state index is 12.4. The first kappa shape index (κ1) is 14.2. The normalized spacial score (nSPS) is 11.4. The lowest BCUT2D eigenvalue weighted by molar-refractivity contribution is -0.145. The summed E-state index contributed by atoms with van der Waals surface area (Å²) in [5.41, 5.74) is -1.09. The molecule has 100 valence electrons. The Morgan fingerprint density at radius 2 is 1.94 bits per heavy atom. The second kappa shape index (κ2) is 4.79. The van der Waals surface area contributed by atoms with Crippen molar-refractivity contribution in [1.29, 1.82) is 0 Å². The van der Waals surface area contributed by atoms with Gasteiger partial charge in [0.2, 0.25) is 11.7 Å². The van der Waals surface area contributed by atoms with Gasteiger partial charge in [0.15, 0.2) is 0 Å². The zero-order valence-corrected chi connectivity index (χ0v) is 10.1. The van der Waals surface area contributed by atoms with E-state index in [-0.39, 0.29) is 23.6 Å². The molecule has 1 aromatic heterocycles. The van der Waals surface area contributed by atoms with Crippen LogP contribution in [-0.2, 0) is 17.4 Å². The molecule has 0 bridgehead atoms. The molecule has 1 aromatic rings. The second-order valence-electron chi connectivity index (χ2n) is 3.94. The zero-order chi connectivity index (χ0) is 14.1. The van der Waals surface area contributed by atoms with Crippen molar-refractivity contribution in [2.24, 2.45) is 0 Å². The Bertz CT molecular complexity index is 520. The van der Waals surface area contributed by atoms with E-state index in [4.69, 9.17) is 0 Å². The van der Waals surface area contributed by atoms with Crippen LogP contribution >= 0.6 is 0 Å². The maximum Gasteiger partial charge on any atom is 0.449 e. The van der Waals surface area contributed by atoms with Gasteiger partial charge in [0.25, 0.3) is 5.56 Å². The van der Waals surface area contributed by atoms with E-state index in [0.29, 0.717) is 0 Å². The van der Waals surface area contributed by atoms with Crippen LogP contribution in [-0.4, -0.2) is 34.9 Å². The Hall–Kier alpha value is -1.86. The standard InChI is InChI=1S/C10H12F3N3O2/c1-5-6(4-7(17)16(2)3)8(18)15-9(14-5)10(11,12)13/h4H2,1-3H3,(H,14,15,18). The average Bonchev–Trinajstić information content (AvgIpc) is 2.21. The minimum absolute atomic E-state index is 0.0540. The number of nitrogens with one attached hydrogen (secondary N) is 1. The Kier molecular flexibility index (Phi) is 3.78. The van der Waals surface area contributed by atoms with Gasteiger partial charge < -0.3 is 9.88 Å². The van der Waals surface area contributed by atoms with Gasteiger partial charge in [-0.3, -0.25) is 9.59 Å². The van der Waals surface area contributed by atoms with Crippen molar-refractivity contribution < 1.29 is 18.0 Å². The molecule has 0 saturated carbocycles. The molecule has 0 aromatic carbocycles. The van der Waals surface area contributed by atoms with E-state index in [1.807, 2.05) is 0 Å². The predicted molar refractivity (Wildman–Crippen MR) is 57.0 cm³/mol. The smallest absolute Gasteiger partial charge is 0.349 e. The minimum Gasteiger partial charge on any atom is -0.349 e. The first-order valence-corrected chi connectivity index (χ1v) is 5.00. The van der Waals surface area contributed by atoms with E-state index < -0.39 is 17.6 Å². The van der Waals surface area contributed by atoms with Gasteiger partial charge in [-0.25, -0.2) is 4.98 Å². The fourth-order valence-electron chi connectivity index (χ4n) is 1.26. The number of nitrogens with zero attached hydrogens (tertiary/aromatic N) is 2. The van der Waals surface area contributed by atoms with Gasteiger partial charge >= 0.3 is 6.18 Å². The summed E-state index contributed by atoms with van der Waals surface area (Å²) < 4.78 is 37.1. The van der Waals surface area contributed by atoms with E-state index in [2.05, 4.69) is 4.98 Å². The number of carbonyl (C=O) groups is 1. The van der Waals surface area contributed by atoms with Crippen LogP contribution in [0, 0.1) is 6.92 Å². The van der Waals surface area contributed by atoms with Crippen molar-refractivity contribution in [1.82, 2.24) is 14.9 Å². The number of rotatable bonds is 2. The Morgan fingerprint density at radius 1 is 1.39 bits per heavy atom. The molecule has 18 heavy (non-hydrogen) atoms. The molecule has 1 N–H and O–H groups in total. The van der Waals surface area contributed by atoms with Crippen molar-refractivity contribution in [2.45, 2.75) is 19.5 Å². The summed E-state index contributed by atoms with van der Waals surface area (Å²) >= 11 is 0. The average molecular weight is 263 g/mol. The number of hydrogen-bond acceptors (Lipinski definition) is 3. The van der Waals surface area contributed by atoms with Crippen LogP contribution < -0.4 is 5.56 Å². The van der Waals surface area contributed by atoms with Crippen LogP contribution in [0.2, 0.25) is 0 Å². The van der Waals surface area contributed by atoms with Crippen LogP contribution in [0.3, 0.4) is 0 Å². The molecular formula is C10H12F3N3O2. The number of likely N-dealkylation sites (N-methyl/N-ethyl adjacent to an activating group) is 1. The summed E-state index contributed by atoms with van der Waals surface area (Å²) in [5, 5.41) is 0. The SMILES string of the molecule is Cc1nc(C(F)(F)F)[nH]c(=O)c1CC(=O)N(C)C. The molecule has 0 saturated heterocycles. The van der Waals surface area contributed by atoms with Gasteiger partial charge in [-0.05, 0) is 6.92 Å². The van der Waals surface area contributed by atoms with Crippen molar-refractivity contribution in [2.75, 3.05) is 14.1 Å². The van der Waals surface area contributed by atoms with E-state index in [1.165, 1.54) is 25.9 Å². The number of H-pyrrole nitrogens is 1. The third-order valence-electron chi connectivity index (χ3n) is 2.32. The highest BCUT2D eigenvalue weighted by Crippen LogP contribution is 2.25. The number of hydrogen-bond donors (Lipinski definition) is 1. The van der Waals surface area contributed by atoms with Crippen LogP contribution in [0.4, 0.5) is 13.2 Å². The molecule has 0 aliphatic carbocycles. The van der Waals surface area contributed by atoms with Gasteiger partial charge in [0.1, 0.15) is 0 Å². The molecule has 0 spiro atoms. The number of aromatic amines is 1. The molecule has 8 heteroatoms. The fourth-order valence-corrected chi connectivity index (χ4v) is 1.26. The molecule has 5 nitrogen and oxygen atoms in total. The van der Waals surface area contributed by atoms with Crippen molar-refractivity contribution in [3.05, 3.63) is 27.4 Å². The Balaban J connectivity index is 3.18. The van der Waals surface area contributed by atoms with E-state index in [1.54, 1.807) is 4.98 Å². The highest BCUT2D eigenvalue weighted by atomic mass is 19.4. The zero-order valence-electron chi connectivity index (χ0n) is 10.1. The number of aromatic nitrogens is 2. The second-order valence-corrected chi connectivity index (χ2v) is 3.94. The summed E-state index contributed by atoms with van der Waals surface area (Å²) in [4.78, 5) is 29.1. The van der Waals surface area contributed by atoms with Crippen molar-refractivity contribution >= 4 is 5.91 Å². The number of aryl methyl sites for hydroxylation is 1. The lowest BCUT2D eigenvalue weighted by Crippen LogP contribution is -2.29. The quantitative estimate of drug-likeness (QED) is 0.855. The summed E-state index contributed by atoms with van der Waals surface area (Å²) in [7, 11) is 2.98. The highest BCUT2D eigenvalue weighted by Gasteiger charge is 2.34. The Morgan fingerprint density at radius 3 is 2.33 bits per heavy atom. The molecule has 0 radical (unpaired) electrons. The van der Waals surface area contributed by atoms with Gasteiger partial charge in [0, 0.05) is 25.4 Å². The number of halogens is 3. The molecule has 0 aliphatic heterocycles. The monoisotopic (exact) mass is 263 g/mol. The molecule has 0 aliphatic rings. The van der Waals surface area contributed by atoms with Gasteiger partial charge in [0.05, 0.1) is 6.42 Å². The predicted octanol–water partition coefficient (Wildman–Crippen LogP) is 0.728. The fraction of sp³-hybridized carbons (Fsp3) is 0.500. The van der Waals surface area contributed by atoms with E-state index in [0.717, 1.165) is 0 Å². The van der Waals surface area contributed by atoms with E-state index >= 15 is 0 Å². The van der Waals surface area contributed by atoms with Gasteiger partial charge in [-0.2, -0.15) is 13.2 Å². The largest absolute Gasteiger partial charge is 0.449 e. The first-order valence-electron chi connectivity index (χ1n) is 5.00. The topological polar surface area (TPSA) is 66.1 Å². The first-order chi connectivity index (χ1) is 8.12. The summed E-state index contributed by atoms with van der Waals surface area (Å²) in [5.74, 6) is -1.74. The number of alkyl halides is 3. The third-order valence-corrected chi connectivity index (χ3v) is 2.32. The number of amides is 1. The van der Waals surface area contributed by atoms with Gasteiger partial charge in [-0.15, -0.1) is 0 Å². The van der Waals surface area contributed by atoms with Crippen molar-refractivity contribution in [3.63, 3.8) is 0 Å². The molecule has 1 heterocycles. The summed E-state index contributed by atoms with van der Waals surface area (Å²) in [6.07, 6.45) is -4.99. The minimum atomic E-state index is -4.71. The summed E-state index contributed by atoms with van der Waals surface area (Å²) in [6, 6.07) is 0. The summed E-state index contributed by atoms with van der Waals surface area (Å²) in [6.45, 7) is 1.27. The van der Waals surface area contributed by atoms with Crippen molar-refractivity contribution in [3.8, 4) is 0 Å². The van der Waals surface area contributed by atoms with Crippen LogP contribution in [0.1, 0.15) is 17.1 Å². The lowest BCUT2D eigenvalue weighted by Gasteiger charge is -2.12. The molecule has 0 unspecified atom stereocenters. The molecule has 0 atom stereocenters. The van der Waals surface area contributed by atoms with Crippen LogP contribution in [0.5, 0.6) is 0 Å². The third kappa shape index (κ3) is 3.08. The molecular weight excluding hydrogens is 251 g/mol. The molecule has 1 rings (SSSR count). The highest BCUT2D eigenvalue weighted by molar-refractivity contribution is 5.78. The molecule has 1 amide bonds. The van der Waals surface area contributed by atoms with Gasteiger partial charge in [-0.1, -0.05) is 0 Å². The van der Waals surface area contributed by atoms with Crippen LogP contribution in [0.15, 0.2) is 4.79 Å². The van der Waals surface area contributed by atoms with Crippen LogP contribution in [0.25, 0.3) is 0 Å². The lowest BCUT2D eigenvalue weighted by atomic mass is 10.1. The Labute approximate surface area is 101 Å². The molecule has 0 fully saturated rings. The van der Waals surface area contributed by atoms with E-state index in [9.17, 15) is 22.8 Å². The number of carbonyl (C=O) groups excluding carboxylic acids is 1.